The van der Waals surface area contributed by atoms with Gasteiger partial charge in [0.15, 0.2) is 0 Å². The van der Waals surface area contributed by atoms with Gasteiger partial charge in [-0.3, -0.25) is 0 Å². The van der Waals surface area contributed by atoms with Crippen molar-refractivity contribution in [2.45, 2.75) is 4.90 Å². The van der Waals surface area contributed by atoms with Crippen molar-refractivity contribution >= 4 is 40.1 Å². The summed E-state index contributed by atoms with van der Waals surface area (Å²) in [4.78, 5) is 13.4. The summed E-state index contributed by atoms with van der Waals surface area (Å²) < 4.78 is 1.71. The minimum Gasteiger partial charge on any atom is -0.306 e. The summed E-state index contributed by atoms with van der Waals surface area (Å²) in [5.74, 6) is 0. The first-order valence-electron chi connectivity index (χ1n) is 6.69. The number of anilines is 2. The van der Waals surface area contributed by atoms with Gasteiger partial charge in [-0.2, -0.15) is 0 Å². The van der Waals surface area contributed by atoms with E-state index in [2.05, 4.69) is 17.4 Å². The van der Waals surface area contributed by atoms with Crippen molar-refractivity contribution in [3.8, 4) is 0 Å². The molecule has 102 valence electrons. The highest BCUT2D eigenvalue weighted by atomic mass is 32.2. The summed E-state index contributed by atoms with van der Waals surface area (Å²) in [6.07, 6.45) is 0. The van der Waals surface area contributed by atoms with Gasteiger partial charge >= 0.3 is 6.03 Å². The number of hydrogen-bond acceptors (Lipinski definition) is 2. The van der Waals surface area contributed by atoms with E-state index in [1.165, 1.54) is 11.9 Å². The molecule has 0 saturated carbocycles. The van der Waals surface area contributed by atoms with E-state index in [0.717, 1.165) is 27.0 Å². The minimum absolute atomic E-state index is 0.116. The standard InChI is InChI=1S/C17H12N2OS/c20-17-18-14-9-3-4-11-16(14)21-19(17)15-10-5-7-12-6-1-2-8-13(12)15/h1-11H,(H,18,20). The highest BCUT2D eigenvalue weighted by molar-refractivity contribution is 8.01. The molecule has 4 rings (SSSR count). The second kappa shape index (κ2) is 4.82. The zero-order valence-corrected chi connectivity index (χ0v) is 11.9. The molecule has 0 aromatic heterocycles. The zero-order valence-electron chi connectivity index (χ0n) is 11.1. The fourth-order valence-corrected chi connectivity index (χ4v) is 3.44. The maximum atomic E-state index is 12.4. The number of rotatable bonds is 1. The molecule has 3 aromatic rings. The van der Waals surface area contributed by atoms with Crippen LogP contribution in [0, 0.1) is 0 Å². The Morgan fingerprint density at radius 2 is 1.62 bits per heavy atom. The molecule has 1 aliphatic heterocycles. The lowest BCUT2D eigenvalue weighted by molar-refractivity contribution is 0.260. The lowest BCUT2D eigenvalue weighted by Crippen LogP contribution is -2.32. The molecule has 0 spiro atoms. The molecule has 4 heteroatoms. The number of amides is 2. The predicted octanol–water partition coefficient (Wildman–Crippen LogP) is 4.90. The molecule has 1 aliphatic rings. The van der Waals surface area contributed by atoms with E-state index in [0.29, 0.717) is 0 Å². The number of nitrogens with one attached hydrogen (secondary N) is 1. The van der Waals surface area contributed by atoms with Gasteiger partial charge in [-0.25, -0.2) is 9.10 Å². The smallest absolute Gasteiger partial charge is 0.306 e. The molecular weight excluding hydrogens is 280 g/mol. The second-order valence-corrected chi connectivity index (χ2v) is 5.80. The van der Waals surface area contributed by atoms with Crippen LogP contribution in [0.2, 0.25) is 0 Å². The molecule has 3 aromatic carbocycles. The van der Waals surface area contributed by atoms with Crippen LogP contribution in [0.4, 0.5) is 16.2 Å². The predicted molar refractivity (Wildman–Crippen MR) is 87.7 cm³/mol. The number of urea groups is 1. The fraction of sp³-hybridized carbons (Fsp3) is 0. The molecule has 0 saturated heterocycles. The Labute approximate surface area is 126 Å². The van der Waals surface area contributed by atoms with Crippen molar-refractivity contribution in [2.24, 2.45) is 0 Å². The van der Waals surface area contributed by atoms with E-state index < -0.39 is 0 Å². The molecule has 21 heavy (non-hydrogen) atoms. The number of nitrogens with zero attached hydrogens (tertiary/aromatic N) is 1. The van der Waals surface area contributed by atoms with Crippen LogP contribution in [0.15, 0.2) is 71.6 Å². The van der Waals surface area contributed by atoms with Crippen molar-refractivity contribution < 1.29 is 4.79 Å². The van der Waals surface area contributed by atoms with E-state index in [1.54, 1.807) is 4.31 Å². The third kappa shape index (κ3) is 2.04. The van der Waals surface area contributed by atoms with E-state index >= 15 is 0 Å². The van der Waals surface area contributed by atoms with Gasteiger partial charge in [-0.05, 0) is 35.5 Å². The van der Waals surface area contributed by atoms with Crippen molar-refractivity contribution in [2.75, 3.05) is 9.62 Å². The molecule has 1 heterocycles. The first-order chi connectivity index (χ1) is 10.3. The quantitative estimate of drug-likeness (QED) is 0.647. The molecule has 2 amide bonds. The molecule has 0 atom stereocenters. The van der Waals surface area contributed by atoms with Gasteiger partial charge in [0, 0.05) is 5.39 Å². The Hall–Kier alpha value is -2.46. The molecule has 3 nitrogen and oxygen atoms in total. The van der Waals surface area contributed by atoms with Gasteiger partial charge in [0.2, 0.25) is 0 Å². The Bertz CT molecular complexity index is 842. The molecule has 0 aliphatic carbocycles. The number of hydrogen-bond donors (Lipinski definition) is 1. The van der Waals surface area contributed by atoms with Crippen LogP contribution in [0.25, 0.3) is 10.8 Å². The number of carbonyl (C=O) groups excluding carboxylic acids is 1. The summed E-state index contributed by atoms with van der Waals surface area (Å²) in [7, 11) is 0. The van der Waals surface area contributed by atoms with Crippen LogP contribution in [0.1, 0.15) is 0 Å². The topological polar surface area (TPSA) is 32.3 Å². The van der Waals surface area contributed by atoms with Crippen LogP contribution in [0.3, 0.4) is 0 Å². The molecular formula is C17H12N2OS. The van der Waals surface area contributed by atoms with Gasteiger partial charge in [-0.1, -0.05) is 48.5 Å². The zero-order chi connectivity index (χ0) is 14.2. The first kappa shape index (κ1) is 12.3. The maximum Gasteiger partial charge on any atom is 0.336 e. The lowest BCUT2D eigenvalue weighted by Gasteiger charge is -2.28. The van der Waals surface area contributed by atoms with Gasteiger partial charge in [0.1, 0.15) is 0 Å². The third-order valence-electron chi connectivity index (χ3n) is 3.49. The van der Waals surface area contributed by atoms with E-state index in [-0.39, 0.29) is 6.03 Å². The molecule has 1 N–H and O–H groups in total. The van der Waals surface area contributed by atoms with Crippen molar-refractivity contribution in [1.82, 2.24) is 0 Å². The molecule has 0 unspecified atom stereocenters. The Balaban J connectivity index is 1.84. The van der Waals surface area contributed by atoms with Gasteiger partial charge in [-0.15, -0.1) is 0 Å². The van der Waals surface area contributed by atoms with E-state index in [9.17, 15) is 4.79 Å². The number of benzene rings is 3. The van der Waals surface area contributed by atoms with Crippen molar-refractivity contribution in [3.63, 3.8) is 0 Å². The van der Waals surface area contributed by atoms with E-state index in [4.69, 9.17) is 0 Å². The van der Waals surface area contributed by atoms with Gasteiger partial charge in [0.05, 0.1) is 16.3 Å². The first-order valence-corrected chi connectivity index (χ1v) is 7.46. The minimum atomic E-state index is -0.116. The monoisotopic (exact) mass is 292 g/mol. The largest absolute Gasteiger partial charge is 0.336 e. The molecule has 0 radical (unpaired) electrons. The number of para-hydroxylation sites is 1. The van der Waals surface area contributed by atoms with E-state index in [1.807, 2.05) is 54.6 Å². The van der Waals surface area contributed by atoms with Crippen LogP contribution >= 0.6 is 11.9 Å². The number of carbonyl (C=O) groups is 1. The van der Waals surface area contributed by atoms with Crippen molar-refractivity contribution in [3.05, 3.63) is 66.7 Å². The molecule has 0 fully saturated rings. The third-order valence-corrected chi connectivity index (χ3v) is 4.59. The average Bonchev–Trinajstić information content (AvgIpc) is 2.54. The summed E-state index contributed by atoms with van der Waals surface area (Å²) in [6, 6.07) is 21.8. The normalized spacial score (nSPS) is 13.9. The van der Waals surface area contributed by atoms with Gasteiger partial charge in [0.25, 0.3) is 0 Å². The van der Waals surface area contributed by atoms with Crippen LogP contribution in [0.5, 0.6) is 0 Å². The number of fused-ring (bicyclic) bond motifs is 2. The Morgan fingerprint density at radius 3 is 2.57 bits per heavy atom. The van der Waals surface area contributed by atoms with Crippen LogP contribution < -0.4 is 9.62 Å². The maximum absolute atomic E-state index is 12.4. The lowest BCUT2D eigenvalue weighted by atomic mass is 10.1. The summed E-state index contributed by atoms with van der Waals surface area (Å²) in [5, 5.41) is 5.14. The van der Waals surface area contributed by atoms with Gasteiger partial charge < -0.3 is 5.32 Å². The second-order valence-electron chi connectivity index (χ2n) is 4.81. The summed E-state index contributed by atoms with van der Waals surface area (Å²) >= 11 is 1.45. The van der Waals surface area contributed by atoms with Crippen molar-refractivity contribution in [1.29, 1.82) is 0 Å². The SMILES string of the molecule is O=C1Nc2ccccc2SN1c1cccc2ccccc12. The fourth-order valence-electron chi connectivity index (χ4n) is 2.50. The van der Waals surface area contributed by atoms with Crippen LogP contribution in [-0.2, 0) is 0 Å². The average molecular weight is 292 g/mol. The summed E-state index contributed by atoms with van der Waals surface area (Å²) in [5.41, 5.74) is 1.77. The van der Waals surface area contributed by atoms with Crippen LogP contribution in [-0.4, -0.2) is 6.03 Å². The highest BCUT2D eigenvalue weighted by Crippen LogP contribution is 2.40. The molecule has 0 bridgehead atoms. The highest BCUT2D eigenvalue weighted by Gasteiger charge is 2.25. The Kier molecular flexibility index (Phi) is 2.82. The summed E-state index contributed by atoms with van der Waals surface area (Å²) in [6.45, 7) is 0. The Morgan fingerprint density at radius 1 is 0.857 bits per heavy atom.